The van der Waals surface area contributed by atoms with Crippen LogP contribution in [-0.4, -0.2) is 27.2 Å². The fourth-order valence-corrected chi connectivity index (χ4v) is 2.45. The van der Waals surface area contributed by atoms with Crippen molar-refractivity contribution in [2.75, 3.05) is 7.11 Å². The number of ether oxygens (including phenoxy) is 1. The normalized spacial score (nSPS) is 11.1. The number of hydrogen-bond acceptors (Lipinski definition) is 4. The van der Waals surface area contributed by atoms with Crippen molar-refractivity contribution < 1.29 is 9.84 Å². The van der Waals surface area contributed by atoms with E-state index in [1.165, 1.54) is 0 Å². The van der Waals surface area contributed by atoms with E-state index in [0.717, 1.165) is 30.0 Å². The fourth-order valence-electron chi connectivity index (χ4n) is 2.45. The number of benzene rings is 1. The van der Waals surface area contributed by atoms with Crippen molar-refractivity contribution in [3.8, 4) is 11.4 Å². The van der Waals surface area contributed by atoms with E-state index in [0.29, 0.717) is 11.6 Å². The molecule has 0 aliphatic rings. The highest BCUT2D eigenvalue weighted by Gasteiger charge is 2.20. The molecule has 1 aromatic heterocycles. The van der Waals surface area contributed by atoms with Crippen LogP contribution in [0.25, 0.3) is 5.69 Å². The molecule has 0 spiro atoms. The van der Waals surface area contributed by atoms with E-state index >= 15 is 0 Å². The molecule has 0 aliphatic carbocycles. The molecule has 0 amide bonds. The maximum Gasteiger partial charge on any atom is 0.121 e. The molecular weight excluding hydrogens is 254 g/mol. The number of methoxy groups -OCH3 is 1. The molecule has 5 heteroatoms. The molecule has 0 fully saturated rings. The lowest BCUT2D eigenvalue weighted by Crippen LogP contribution is -2.09. The van der Waals surface area contributed by atoms with E-state index in [9.17, 15) is 5.11 Å². The Labute approximate surface area is 119 Å². The van der Waals surface area contributed by atoms with Gasteiger partial charge in [0.1, 0.15) is 11.4 Å². The Bertz CT molecular complexity index is 562. The van der Waals surface area contributed by atoms with Gasteiger partial charge in [-0.25, -0.2) is 4.68 Å². The van der Waals surface area contributed by atoms with Crippen LogP contribution in [0, 0.1) is 0 Å². The number of rotatable bonds is 6. The van der Waals surface area contributed by atoms with Crippen LogP contribution in [0.15, 0.2) is 24.3 Å². The summed E-state index contributed by atoms with van der Waals surface area (Å²) in [4.78, 5) is 0. The molecular formula is C15H21N3O2. The van der Waals surface area contributed by atoms with Crippen LogP contribution < -0.4 is 4.74 Å². The smallest absolute Gasteiger partial charge is 0.121 e. The van der Waals surface area contributed by atoms with Crippen LogP contribution in [0.2, 0.25) is 0 Å². The molecule has 0 aliphatic heterocycles. The van der Waals surface area contributed by atoms with Crippen LogP contribution >= 0.6 is 0 Å². The Morgan fingerprint density at radius 2 is 2.05 bits per heavy atom. The highest BCUT2D eigenvalue weighted by Crippen LogP contribution is 2.28. The Hall–Kier alpha value is -1.88. The summed E-state index contributed by atoms with van der Waals surface area (Å²) in [5.41, 5.74) is 2.55. The van der Waals surface area contributed by atoms with Crippen LogP contribution in [0.1, 0.15) is 44.0 Å². The quantitative estimate of drug-likeness (QED) is 0.880. The zero-order valence-corrected chi connectivity index (χ0v) is 12.2. The van der Waals surface area contributed by atoms with Gasteiger partial charge in [0.2, 0.25) is 0 Å². The molecule has 0 saturated heterocycles. The molecule has 0 unspecified atom stereocenters. The summed E-state index contributed by atoms with van der Waals surface area (Å²) in [5, 5.41) is 17.8. The van der Waals surface area contributed by atoms with Gasteiger partial charge in [-0.2, -0.15) is 0 Å². The van der Waals surface area contributed by atoms with Gasteiger partial charge in [-0.1, -0.05) is 25.1 Å². The van der Waals surface area contributed by atoms with Gasteiger partial charge in [-0.3, -0.25) is 0 Å². The SMILES string of the molecule is CCC(CC)c1c(CO)nnn1-c1cccc(OC)c1. The van der Waals surface area contributed by atoms with Gasteiger partial charge in [0.15, 0.2) is 0 Å². The molecule has 0 radical (unpaired) electrons. The maximum absolute atomic E-state index is 9.48. The monoisotopic (exact) mass is 275 g/mol. The summed E-state index contributed by atoms with van der Waals surface area (Å²) < 4.78 is 7.06. The summed E-state index contributed by atoms with van der Waals surface area (Å²) in [5.74, 6) is 1.11. The largest absolute Gasteiger partial charge is 0.497 e. The van der Waals surface area contributed by atoms with Crippen molar-refractivity contribution in [2.45, 2.75) is 39.2 Å². The number of aliphatic hydroxyl groups excluding tert-OH is 1. The summed E-state index contributed by atoms with van der Waals surface area (Å²) in [6, 6.07) is 7.70. The Balaban J connectivity index is 2.53. The molecule has 2 rings (SSSR count). The molecule has 0 saturated carbocycles. The first-order valence-corrected chi connectivity index (χ1v) is 6.94. The number of aliphatic hydroxyl groups is 1. The summed E-state index contributed by atoms with van der Waals surface area (Å²) in [6.07, 6.45) is 1.97. The summed E-state index contributed by atoms with van der Waals surface area (Å²) in [6.45, 7) is 4.19. The van der Waals surface area contributed by atoms with Gasteiger partial charge in [-0.05, 0) is 25.0 Å². The number of aromatic nitrogens is 3. The standard InChI is InChI=1S/C15H21N3O2/c1-4-11(5-2)15-14(10-19)16-17-18(15)12-7-6-8-13(9-12)20-3/h6-9,11,19H,4-5,10H2,1-3H3. The van der Waals surface area contributed by atoms with Crippen LogP contribution in [-0.2, 0) is 6.61 Å². The Morgan fingerprint density at radius 1 is 1.30 bits per heavy atom. The van der Waals surface area contributed by atoms with E-state index in [4.69, 9.17) is 4.74 Å². The maximum atomic E-state index is 9.48. The third kappa shape index (κ3) is 2.67. The van der Waals surface area contributed by atoms with Gasteiger partial charge < -0.3 is 9.84 Å². The molecule has 5 nitrogen and oxygen atoms in total. The molecule has 1 aromatic carbocycles. The molecule has 2 aromatic rings. The lowest BCUT2D eigenvalue weighted by atomic mass is 9.97. The third-order valence-corrected chi connectivity index (χ3v) is 3.60. The first-order chi connectivity index (χ1) is 9.74. The van der Waals surface area contributed by atoms with Crippen molar-refractivity contribution in [1.82, 2.24) is 15.0 Å². The number of nitrogens with zero attached hydrogens (tertiary/aromatic N) is 3. The second-order valence-corrected chi connectivity index (χ2v) is 4.71. The lowest BCUT2D eigenvalue weighted by molar-refractivity contribution is 0.274. The van der Waals surface area contributed by atoms with E-state index in [2.05, 4.69) is 24.2 Å². The average Bonchev–Trinajstić information content (AvgIpc) is 2.92. The van der Waals surface area contributed by atoms with Crippen molar-refractivity contribution in [3.63, 3.8) is 0 Å². The van der Waals surface area contributed by atoms with Crippen LogP contribution in [0.5, 0.6) is 5.75 Å². The minimum Gasteiger partial charge on any atom is -0.497 e. The summed E-state index contributed by atoms with van der Waals surface area (Å²) >= 11 is 0. The van der Waals surface area contributed by atoms with Crippen molar-refractivity contribution >= 4 is 0 Å². The average molecular weight is 275 g/mol. The van der Waals surface area contributed by atoms with Crippen molar-refractivity contribution in [3.05, 3.63) is 35.7 Å². The van der Waals surface area contributed by atoms with E-state index in [1.807, 2.05) is 28.9 Å². The lowest BCUT2D eigenvalue weighted by Gasteiger charge is -2.16. The third-order valence-electron chi connectivity index (χ3n) is 3.60. The van der Waals surface area contributed by atoms with Gasteiger partial charge in [0, 0.05) is 12.0 Å². The molecule has 1 N–H and O–H groups in total. The molecule has 108 valence electrons. The van der Waals surface area contributed by atoms with Crippen LogP contribution in [0.3, 0.4) is 0 Å². The van der Waals surface area contributed by atoms with Crippen LogP contribution in [0.4, 0.5) is 0 Å². The molecule has 0 atom stereocenters. The minimum absolute atomic E-state index is 0.0875. The highest BCUT2D eigenvalue weighted by atomic mass is 16.5. The van der Waals surface area contributed by atoms with Crippen molar-refractivity contribution in [2.24, 2.45) is 0 Å². The summed E-state index contributed by atoms with van der Waals surface area (Å²) in [7, 11) is 1.64. The van der Waals surface area contributed by atoms with E-state index in [-0.39, 0.29) is 6.61 Å². The zero-order valence-electron chi connectivity index (χ0n) is 12.2. The fraction of sp³-hybridized carbons (Fsp3) is 0.467. The second kappa shape index (κ2) is 6.52. The van der Waals surface area contributed by atoms with Gasteiger partial charge in [0.05, 0.1) is 25.1 Å². The topological polar surface area (TPSA) is 60.2 Å². The molecule has 0 bridgehead atoms. The highest BCUT2D eigenvalue weighted by molar-refractivity contribution is 5.40. The zero-order chi connectivity index (χ0) is 14.5. The molecule has 1 heterocycles. The van der Waals surface area contributed by atoms with Gasteiger partial charge in [-0.15, -0.1) is 5.10 Å². The number of hydrogen-bond donors (Lipinski definition) is 1. The first-order valence-electron chi connectivity index (χ1n) is 6.94. The van der Waals surface area contributed by atoms with E-state index < -0.39 is 0 Å². The minimum atomic E-state index is -0.0875. The van der Waals surface area contributed by atoms with E-state index in [1.54, 1.807) is 7.11 Å². The first kappa shape index (κ1) is 14.5. The van der Waals surface area contributed by atoms with Crippen molar-refractivity contribution in [1.29, 1.82) is 0 Å². The van der Waals surface area contributed by atoms with Gasteiger partial charge >= 0.3 is 0 Å². The Kier molecular flexibility index (Phi) is 4.74. The second-order valence-electron chi connectivity index (χ2n) is 4.71. The molecule has 20 heavy (non-hydrogen) atoms. The predicted molar refractivity (Wildman–Crippen MR) is 77.2 cm³/mol. The van der Waals surface area contributed by atoms with Gasteiger partial charge in [0.25, 0.3) is 0 Å². The predicted octanol–water partition coefficient (Wildman–Crippen LogP) is 2.67. The Morgan fingerprint density at radius 3 is 2.65 bits per heavy atom.